The fourth-order valence-electron chi connectivity index (χ4n) is 2.97. The van der Waals surface area contributed by atoms with Gasteiger partial charge in [-0.25, -0.2) is 4.39 Å². The van der Waals surface area contributed by atoms with Crippen LogP contribution in [0, 0.1) is 5.82 Å². The van der Waals surface area contributed by atoms with Crippen LogP contribution in [0.25, 0.3) is 0 Å². The molecule has 6 nitrogen and oxygen atoms in total. The highest BCUT2D eigenvalue weighted by Gasteiger charge is 2.26. The summed E-state index contributed by atoms with van der Waals surface area (Å²) in [6.07, 6.45) is 1.32. The molecule has 0 unspecified atom stereocenters. The van der Waals surface area contributed by atoms with Gasteiger partial charge in [0.05, 0.1) is 5.56 Å². The Balaban J connectivity index is 1.58. The second kappa shape index (κ2) is 8.53. The Morgan fingerprint density at radius 2 is 1.74 bits per heavy atom. The van der Waals surface area contributed by atoms with Crippen molar-refractivity contribution in [2.75, 3.05) is 19.7 Å². The van der Waals surface area contributed by atoms with Crippen molar-refractivity contribution in [2.45, 2.75) is 18.9 Å². The Morgan fingerprint density at radius 1 is 1.07 bits per heavy atom. The van der Waals surface area contributed by atoms with Gasteiger partial charge in [-0.2, -0.15) is 0 Å². The van der Waals surface area contributed by atoms with Crippen molar-refractivity contribution in [3.05, 3.63) is 59.9 Å². The third kappa shape index (κ3) is 4.97. The minimum atomic E-state index is -0.601. The molecule has 1 heterocycles. The van der Waals surface area contributed by atoms with Crippen LogP contribution >= 0.6 is 0 Å². The van der Waals surface area contributed by atoms with Crippen LogP contribution in [-0.2, 0) is 4.79 Å². The molecule has 2 N–H and O–H groups in total. The summed E-state index contributed by atoms with van der Waals surface area (Å²) in [5.41, 5.74) is 5.50. The van der Waals surface area contributed by atoms with Crippen LogP contribution in [0.3, 0.4) is 0 Å². The number of hydrogen-bond acceptors (Lipinski definition) is 4. The number of carbonyl (C=O) groups is 2. The molecule has 1 fully saturated rings. The highest BCUT2D eigenvalue weighted by atomic mass is 19.1. The van der Waals surface area contributed by atoms with Crippen LogP contribution in [0.5, 0.6) is 11.5 Å². The number of piperidine rings is 1. The van der Waals surface area contributed by atoms with E-state index >= 15 is 0 Å². The average molecular weight is 372 g/mol. The average Bonchev–Trinajstić information content (AvgIpc) is 2.68. The molecular formula is C20H21FN2O4. The molecule has 0 radical (unpaired) electrons. The van der Waals surface area contributed by atoms with Crippen molar-refractivity contribution in [3.63, 3.8) is 0 Å². The van der Waals surface area contributed by atoms with Gasteiger partial charge < -0.3 is 20.1 Å². The van der Waals surface area contributed by atoms with E-state index in [9.17, 15) is 14.0 Å². The highest BCUT2D eigenvalue weighted by Crippen LogP contribution is 2.24. The molecule has 2 aromatic carbocycles. The lowest BCUT2D eigenvalue weighted by atomic mass is 10.1. The van der Waals surface area contributed by atoms with Gasteiger partial charge in [0.25, 0.3) is 11.8 Å². The Hall–Kier alpha value is -3.09. The molecule has 1 saturated heterocycles. The number of nitrogens with two attached hydrogens (primary N) is 1. The van der Waals surface area contributed by atoms with Crippen molar-refractivity contribution in [2.24, 2.45) is 5.73 Å². The number of ether oxygens (including phenoxy) is 2. The number of nitrogens with zero attached hydrogens (tertiary/aromatic N) is 1. The Bertz CT molecular complexity index is 802. The summed E-state index contributed by atoms with van der Waals surface area (Å²) in [4.78, 5) is 25.5. The Kier molecular flexibility index (Phi) is 5.90. The molecular weight excluding hydrogens is 351 g/mol. The molecule has 0 aromatic heterocycles. The fraction of sp³-hybridized carbons (Fsp3) is 0.300. The van der Waals surface area contributed by atoms with Gasteiger partial charge in [-0.1, -0.05) is 12.1 Å². The number of carbonyl (C=O) groups excluding carboxylic acids is 2. The zero-order valence-corrected chi connectivity index (χ0v) is 14.8. The number of amides is 2. The predicted molar refractivity (Wildman–Crippen MR) is 97.1 cm³/mol. The van der Waals surface area contributed by atoms with Gasteiger partial charge in [0.2, 0.25) is 0 Å². The summed E-state index contributed by atoms with van der Waals surface area (Å²) in [6, 6.07) is 12.7. The summed E-state index contributed by atoms with van der Waals surface area (Å²) in [7, 11) is 0. The van der Waals surface area contributed by atoms with E-state index in [0.29, 0.717) is 43.0 Å². The monoisotopic (exact) mass is 372 g/mol. The largest absolute Gasteiger partial charge is 0.490 e. The summed E-state index contributed by atoms with van der Waals surface area (Å²) in [5, 5.41) is 0. The lowest BCUT2D eigenvalue weighted by Gasteiger charge is -2.32. The van der Waals surface area contributed by atoms with Crippen LogP contribution in [0.1, 0.15) is 23.2 Å². The molecule has 3 rings (SSSR count). The number of primary amides is 1. The molecule has 27 heavy (non-hydrogen) atoms. The van der Waals surface area contributed by atoms with Crippen LogP contribution in [-0.4, -0.2) is 42.5 Å². The van der Waals surface area contributed by atoms with Gasteiger partial charge in [0.15, 0.2) is 6.61 Å². The number of likely N-dealkylation sites (tertiary alicyclic amines) is 1. The van der Waals surface area contributed by atoms with Crippen LogP contribution in [0.15, 0.2) is 48.5 Å². The minimum Gasteiger partial charge on any atom is -0.490 e. The molecule has 1 aliphatic rings. The van der Waals surface area contributed by atoms with Crippen molar-refractivity contribution >= 4 is 11.8 Å². The normalized spacial score (nSPS) is 14.6. The van der Waals surface area contributed by atoms with Crippen molar-refractivity contribution < 1.29 is 23.5 Å². The number of hydrogen-bond donors (Lipinski definition) is 1. The van der Waals surface area contributed by atoms with Crippen molar-refractivity contribution in [3.8, 4) is 11.5 Å². The third-order valence-corrected chi connectivity index (χ3v) is 4.33. The third-order valence-electron chi connectivity index (χ3n) is 4.33. The Morgan fingerprint density at radius 3 is 2.41 bits per heavy atom. The molecule has 7 heteroatoms. The van der Waals surface area contributed by atoms with E-state index in [1.165, 1.54) is 12.1 Å². The predicted octanol–water partition coefficient (Wildman–Crippen LogP) is 2.37. The lowest BCUT2D eigenvalue weighted by molar-refractivity contribution is -0.119. The first-order valence-corrected chi connectivity index (χ1v) is 8.74. The highest BCUT2D eigenvalue weighted by molar-refractivity contribution is 5.97. The fourth-order valence-corrected chi connectivity index (χ4v) is 2.97. The van der Waals surface area contributed by atoms with Crippen LogP contribution in [0.2, 0.25) is 0 Å². The lowest BCUT2D eigenvalue weighted by Crippen LogP contribution is -2.42. The number of halogens is 1. The maximum Gasteiger partial charge on any atom is 0.257 e. The van der Waals surface area contributed by atoms with Crippen LogP contribution < -0.4 is 15.2 Å². The molecule has 0 atom stereocenters. The Labute approximate surface area is 156 Å². The zero-order valence-electron chi connectivity index (χ0n) is 14.8. The smallest absolute Gasteiger partial charge is 0.257 e. The first-order chi connectivity index (χ1) is 13.0. The van der Waals surface area contributed by atoms with E-state index in [-0.39, 0.29) is 24.4 Å². The number of para-hydroxylation sites is 1. The molecule has 0 spiro atoms. The van der Waals surface area contributed by atoms with Crippen molar-refractivity contribution in [1.29, 1.82) is 0 Å². The minimum absolute atomic E-state index is 0.0270. The molecule has 0 aliphatic carbocycles. The van der Waals surface area contributed by atoms with E-state index in [1.54, 1.807) is 41.3 Å². The van der Waals surface area contributed by atoms with Gasteiger partial charge in [-0.05, 0) is 36.4 Å². The van der Waals surface area contributed by atoms with Gasteiger partial charge in [0, 0.05) is 25.9 Å². The standard InChI is InChI=1S/C20H21FN2O4/c21-14-5-7-15(8-6-14)27-16-9-11-23(12-10-16)20(25)17-3-1-2-4-18(17)26-13-19(22)24/h1-8,16H,9-13H2,(H2,22,24). The molecule has 1 aliphatic heterocycles. The van der Waals surface area contributed by atoms with E-state index in [4.69, 9.17) is 15.2 Å². The van der Waals surface area contributed by atoms with Gasteiger partial charge in [-0.3, -0.25) is 9.59 Å². The van der Waals surface area contributed by atoms with Crippen molar-refractivity contribution in [1.82, 2.24) is 4.90 Å². The number of benzene rings is 2. The maximum atomic E-state index is 13.0. The summed E-state index contributed by atoms with van der Waals surface area (Å²) < 4.78 is 24.2. The van der Waals surface area contributed by atoms with Gasteiger partial charge >= 0.3 is 0 Å². The van der Waals surface area contributed by atoms with E-state index in [1.807, 2.05) is 0 Å². The quantitative estimate of drug-likeness (QED) is 0.844. The maximum absolute atomic E-state index is 13.0. The van der Waals surface area contributed by atoms with E-state index in [2.05, 4.69) is 0 Å². The number of rotatable bonds is 6. The second-order valence-corrected chi connectivity index (χ2v) is 6.31. The summed E-state index contributed by atoms with van der Waals surface area (Å²) >= 11 is 0. The molecule has 2 amide bonds. The molecule has 142 valence electrons. The molecule has 0 saturated carbocycles. The topological polar surface area (TPSA) is 81.9 Å². The molecule has 0 bridgehead atoms. The first kappa shape index (κ1) is 18.7. The summed E-state index contributed by atoms with van der Waals surface area (Å²) in [5.74, 6) is -0.108. The van der Waals surface area contributed by atoms with E-state index < -0.39 is 5.91 Å². The summed E-state index contributed by atoms with van der Waals surface area (Å²) in [6.45, 7) is 0.793. The van der Waals surface area contributed by atoms with Crippen LogP contribution in [0.4, 0.5) is 4.39 Å². The zero-order chi connectivity index (χ0) is 19.2. The molecule has 2 aromatic rings. The van der Waals surface area contributed by atoms with E-state index in [0.717, 1.165) is 0 Å². The first-order valence-electron chi connectivity index (χ1n) is 8.74. The second-order valence-electron chi connectivity index (χ2n) is 6.31. The SMILES string of the molecule is NC(=O)COc1ccccc1C(=O)N1CCC(Oc2ccc(F)cc2)CC1. The van der Waals surface area contributed by atoms with Gasteiger partial charge in [-0.15, -0.1) is 0 Å². The van der Waals surface area contributed by atoms with Gasteiger partial charge in [0.1, 0.15) is 23.4 Å².